The quantitative estimate of drug-likeness (QED) is 0.730. The van der Waals surface area contributed by atoms with Gasteiger partial charge in [-0.25, -0.2) is 9.97 Å². The molecule has 2 nitrogen and oxygen atoms in total. The van der Waals surface area contributed by atoms with Crippen molar-refractivity contribution in [2.45, 2.75) is 56.8 Å². The van der Waals surface area contributed by atoms with Crippen molar-refractivity contribution in [1.29, 1.82) is 0 Å². The monoisotopic (exact) mass is 236 g/mol. The topological polar surface area (TPSA) is 25.8 Å². The minimum Gasteiger partial charge on any atom is -0.237 e. The van der Waals surface area contributed by atoms with Crippen LogP contribution in [0.25, 0.3) is 0 Å². The van der Waals surface area contributed by atoms with Gasteiger partial charge in [-0.3, -0.25) is 0 Å². The van der Waals surface area contributed by atoms with Gasteiger partial charge in [-0.15, -0.1) is 0 Å². The Labute approximate surface area is 101 Å². The molecule has 2 aliphatic carbocycles. The van der Waals surface area contributed by atoms with Crippen molar-refractivity contribution >= 4 is 11.6 Å². The molecule has 1 aromatic heterocycles. The standard InChI is InChI=1S/C13H17ClN2/c1-13(6-7-13)12-15-10(8-11(14)16-12)9-4-2-3-5-9/h8-9H,2-7H2,1H3. The second-order valence-electron chi connectivity index (χ2n) is 5.48. The molecule has 0 amide bonds. The summed E-state index contributed by atoms with van der Waals surface area (Å²) in [5.74, 6) is 1.60. The number of hydrogen-bond acceptors (Lipinski definition) is 2. The highest BCUT2D eigenvalue weighted by Gasteiger charge is 2.42. The molecule has 0 N–H and O–H groups in total. The summed E-state index contributed by atoms with van der Waals surface area (Å²) in [6, 6.07) is 1.97. The lowest BCUT2D eigenvalue weighted by Crippen LogP contribution is -2.10. The molecule has 0 spiro atoms. The fourth-order valence-electron chi connectivity index (χ4n) is 2.55. The van der Waals surface area contributed by atoms with E-state index in [0.717, 1.165) is 5.82 Å². The first-order valence-corrected chi connectivity index (χ1v) is 6.60. The SMILES string of the molecule is CC1(c2nc(Cl)cc(C3CCCC3)n2)CC1. The van der Waals surface area contributed by atoms with Gasteiger partial charge in [0.15, 0.2) is 0 Å². The van der Waals surface area contributed by atoms with Crippen LogP contribution in [0, 0.1) is 0 Å². The van der Waals surface area contributed by atoms with E-state index in [4.69, 9.17) is 16.6 Å². The molecule has 0 bridgehead atoms. The van der Waals surface area contributed by atoms with Crippen molar-refractivity contribution in [1.82, 2.24) is 9.97 Å². The Morgan fingerprint density at radius 1 is 1.25 bits per heavy atom. The zero-order chi connectivity index (χ0) is 11.2. The lowest BCUT2D eigenvalue weighted by Gasteiger charge is -2.13. The Hall–Kier alpha value is -0.630. The second-order valence-corrected chi connectivity index (χ2v) is 5.87. The summed E-state index contributed by atoms with van der Waals surface area (Å²) in [7, 11) is 0. The molecule has 0 unspecified atom stereocenters. The molecule has 0 aromatic carbocycles. The molecule has 1 heterocycles. The van der Waals surface area contributed by atoms with Crippen molar-refractivity contribution in [3.63, 3.8) is 0 Å². The predicted octanol–water partition coefficient (Wildman–Crippen LogP) is 3.84. The molecule has 2 saturated carbocycles. The summed E-state index contributed by atoms with van der Waals surface area (Å²) in [5.41, 5.74) is 1.40. The fourth-order valence-corrected chi connectivity index (χ4v) is 2.74. The van der Waals surface area contributed by atoms with Crippen LogP contribution in [0.3, 0.4) is 0 Å². The van der Waals surface area contributed by atoms with Gasteiger partial charge in [0.05, 0.1) is 0 Å². The Morgan fingerprint density at radius 3 is 2.56 bits per heavy atom. The van der Waals surface area contributed by atoms with Gasteiger partial charge in [0, 0.05) is 17.0 Å². The molecule has 1 aromatic rings. The molecule has 0 aliphatic heterocycles. The maximum Gasteiger partial charge on any atom is 0.136 e. The highest BCUT2D eigenvalue weighted by Crippen LogP contribution is 2.46. The molecule has 0 radical (unpaired) electrons. The first-order chi connectivity index (χ1) is 7.67. The molecule has 2 aliphatic rings. The minimum atomic E-state index is 0.220. The normalized spacial score (nSPS) is 23.6. The van der Waals surface area contributed by atoms with E-state index in [0.29, 0.717) is 11.1 Å². The Kier molecular flexibility index (Phi) is 2.43. The molecule has 3 heteroatoms. The van der Waals surface area contributed by atoms with E-state index in [2.05, 4.69) is 11.9 Å². The van der Waals surface area contributed by atoms with Crippen molar-refractivity contribution in [2.75, 3.05) is 0 Å². The van der Waals surface area contributed by atoms with Crippen LogP contribution in [0.2, 0.25) is 5.15 Å². The largest absolute Gasteiger partial charge is 0.237 e. The van der Waals surface area contributed by atoms with Crippen LogP contribution in [-0.2, 0) is 5.41 Å². The summed E-state index contributed by atoms with van der Waals surface area (Å²) < 4.78 is 0. The number of hydrogen-bond donors (Lipinski definition) is 0. The third-order valence-electron chi connectivity index (χ3n) is 4.03. The van der Waals surface area contributed by atoms with E-state index in [9.17, 15) is 0 Å². The minimum absolute atomic E-state index is 0.220. The third kappa shape index (κ3) is 1.84. The van der Waals surface area contributed by atoms with Crippen LogP contribution in [0.15, 0.2) is 6.07 Å². The smallest absolute Gasteiger partial charge is 0.136 e. The van der Waals surface area contributed by atoms with Crippen LogP contribution in [0.5, 0.6) is 0 Å². The van der Waals surface area contributed by atoms with Crippen LogP contribution >= 0.6 is 11.6 Å². The maximum atomic E-state index is 6.11. The zero-order valence-corrected chi connectivity index (χ0v) is 10.4. The molecule has 0 saturated heterocycles. The van der Waals surface area contributed by atoms with Gasteiger partial charge < -0.3 is 0 Å². The van der Waals surface area contributed by atoms with Gasteiger partial charge >= 0.3 is 0 Å². The zero-order valence-electron chi connectivity index (χ0n) is 9.67. The van der Waals surface area contributed by atoms with E-state index in [-0.39, 0.29) is 5.41 Å². The fraction of sp³-hybridized carbons (Fsp3) is 0.692. The third-order valence-corrected chi connectivity index (χ3v) is 4.22. The van der Waals surface area contributed by atoms with E-state index in [1.165, 1.54) is 44.2 Å². The molecule has 0 atom stereocenters. The average molecular weight is 237 g/mol. The maximum absolute atomic E-state index is 6.11. The number of aromatic nitrogens is 2. The molecule has 16 heavy (non-hydrogen) atoms. The Morgan fingerprint density at radius 2 is 1.94 bits per heavy atom. The van der Waals surface area contributed by atoms with Gasteiger partial charge in [-0.05, 0) is 31.7 Å². The first kappa shape index (κ1) is 10.5. The highest BCUT2D eigenvalue weighted by atomic mass is 35.5. The van der Waals surface area contributed by atoms with Gasteiger partial charge in [-0.1, -0.05) is 31.4 Å². The second kappa shape index (κ2) is 3.69. The van der Waals surface area contributed by atoms with Gasteiger partial charge in [0.2, 0.25) is 0 Å². The highest BCUT2D eigenvalue weighted by molar-refractivity contribution is 6.29. The van der Waals surface area contributed by atoms with Gasteiger partial charge in [0.1, 0.15) is 11.0 Å². The molecule has 2 fully saturated rings. The van der Waals surface area contributed by atoms with E-state index in [1.54, 1.807) is 0 Å². The molecular formula is C13H17ClN2. The average Bonchev–Trinajstić information content (AvgIpc) is 2.83. The summed E-state index contributed by atoms with van der Waals surface area (Å²) in [4.78, 5) is 9.15. The van der Waals surface area contributed by atoms with Crippen molar-refractivity contribution in [2.24, 2.45) is 0 Å². The van der Waals surface area contributed by atoms with E-state index >= 15 is 0 Å². The predicted molar refractivity (Wildman–Crippen MR) is 64.8 cm³/mol. The van der Waals surface area contributed by atoms with Crippen molar-refractivity contribution in [3.05, 3.63) is 22.7 Å². The molecule has 3 rings (SSSR count). The van der Waals surface area contributed by atoms with Crippen LogP contribution in [0.4, 0.5) is 0 Å². The van der Waals surface area contributed by atoms with E-state index < -0.39 is 0 Å². The Balaban J connectivity index is 1.95. The van der Waals surface area contributed by atoms with Crippen LogP contribution in [0.1, 0.15) is 62.9 Å². The summed E-state index contributed by atoms with van der Waals surface area (Å²) in [6.07, 6.45) is 7.61. The lowest BCUT2D eigenvalue weighted by molar-refractivity contribution is 0.649. The lowest BCUT2D eigenvalue weighted by atomic mass is 10.0. The number of halogens is 1. The molecular weight excluding hydrogens is 220 g/mol. The summed E-state index contributed by atoms with van der Waals surface area (Å²) in [5, 5.41) is 0.625. The molecule has 86 valence electrons. The summed E-state index contributed by atoms with van der Waals surface area (Å²) in [6.45, 7) is 2.23. The Bertz CT molecular complexity index is 406. The van der Waals surface area contributed by atoms with Crippen molar-refractivity contribution in [3.8, 4) is 0 Å². The number of nitrogens with zero attached hydrogens (tertiary/aromatic N) is 2. The van der Waals surface area contributed by atoms with Crippen LogP contribution < -0.4 is 0 Å². The van der Waals surface area contributed by atoms with Gasteiger partial charge in [-0.2, -0.15) is 0 Å². The van der Waals surface area contributed by atoms with Crippen molar-refractivity contribution < 1.29 is 0 Å². The number of rotatable bonds is 2. The van der Waals surface area contributed by atoms with Gasteiger partial charge in [0.25, 0.3) is 0 Å². The first-order valence-electron chi connectivity index (χ1n) is 6.22. The van der Waals surface area contributed by atoms with Crippen LogP contribution in [-0.4, -0.2) is 9.97 Å². The van der Waals surface area contributed by atoms with E-state index in [1.807, 2.05) is 6.07 Å². The summed E-state index contributed by atoms with van der Waals surface area (Å²) >= 11 is 6.11.